The fourth-order valence-electron chi connectivity index (χ4n) is 2.05. The van der Waals surface area contributed by atoms with Crippen LogP contribution >= 0.6 is 0 Å². The van der Waals surface area contributed by atoms with Gasteiger partial charge in [0.15, 0.2) is 0 Å². The summed E-state index contributed by atoms with van der Waals surface area (Å²) >= 11 is 0. The summed E-state index contributed by atoms with van der Waals surface area (Å²) in [7, 11) is 0. The van der Waals surface area contributed by atoms with Gasteiger partial charge in [-0.1, -0.05) is 12.1 Å². The maximum atomic E-state index is 5.96. The first-order valence-electron chi connectivity index (χ1n) is 6.05. The third-order valence-electron chi connectivity index (χ3n) is 2.92. The topological polar surface area (TPSA) is 47.3 Å². The van der Waals surface area contributed by atoms with Gasteiger partial charge in [-0.15, -0.1) is 0 Å². The summed E-state index contributed by atoms with van der Waals surface area (Å²) in [6, 6.07) is 8.28. The van der Waals surface area contributed by atoms with Gasteiger partial charge < -0.3 is 15.8 Å². The van der Waals surface area contributed by atoms with Gasteiger partial charge in [-0.25, -0.2) is 0 Å². The first-order valence-corrected chi connectivity index (χ1v) is 6.05. The average Bonchev–Trinajstić information content (AvgIpc) is 2.31. The molecule has 3 nitrogen and oxygen atoms in total. The second kappa shape index (κ2) is 5.87. The lowest BCUT2D eigenvalue weighted by Crippen LogP contribution is -2.34. The van der Waals surface area contributed by atoms with Crippen LogP contribution < -0.4 is 15.8 Å². The van der Waals surface area contributed by atoms with Crippen LogP contribution in [0.3, 0.4) is 0 Å². The van der Waals surface area contributed by atoms with Gasteiger partial charge in [0.25, 0.3) is 0 Å². The van der Waals surface area contributed by atoms with E-state index < -0.39 is 0 Å². The number of benzene rings is 1. The Bertz CT molecular complexity index is 321. The van der Waals surface area contributed by atoms with Crippen molar-refractivity contribution in [3.8, 4) is 5.75 Å². The molecule has 1 fully saturated rings. The Balaban J connectivity index is 1.94. The van der Waals surface area contributed by atoms with E-state index in [-0.39, 0.29) is 0 Å². The summed E-state index contributed by atoms with van der Waals surface area (Å²) in [5.74, 6) is 0.984. The largest absolute Gasteiger partial charge is 0.490 e. The second-order valence-corrected chi connectivity index (χ2v) is 4.25. The minimum Gasteiger partial charge on any atom is -0.490 e. The fraction of sp³-hybridized carbons (Fsp3) is 0.538. The zero-order valence-electron chi connectivity index (χ0n) is 9.61. The number of piperidine rings is 1. The van der Waals surface area contributed by atoms with E-state index in [2.05, 4.69) is 17.4 Å². The standard InChI is InChI=1S/C13H20N2O/c14-7-4-11-2-1-3-13(10-11)16-12-5-8-15-9-6-12/h1-3,10,12,15H,4-9,14H2. The molecule has 0 bridgehead atoms. The van der Waals surface area contributed by atoms with Gasteiger partial charge >= 0.3 is 0 Å². The molecule has 1 saturated heterocycles. The molecular formula is C13H20N2O. The number of rotatable bonds is 4. The maximum absolute atomic E-state index is 5.96. The summed E-state index contributed by atoms with van der Waals surface area (Å²) < 4.78 is 5.96. The van der Waals surface area contributed by atoms with E-state index in [1.807, 2.05) is 12.1 Å². The monoisotopic (exact) mass is 220 g/mol. The molecule has 1 heterocycles. The quantitative estimate of drug-likeness (QED) is 0.804. The van der Waals surface area contributed by atoms with E-state index in [9.17, 15) is 0 Å². The molecule has 1 aromatic carbocycles. The van der Waals surface area contributed by atoms with E-state index in [1.165, 1.54) is 5.56 Å². The van der Waals surface area contributed by atoms with Gasteiger partial charge in [-0.2, -0.15) is 0 Å². The van der Waals surface area contributed by atoms with Crippen molar-refractivity contribution < 1.29 is 4.74 Å². The van der Waals surface area contributed by atoms with Crippen molar-refractivity contribution in [3.63, 3.8) is 0 Å². The van der Waals surface area contributed by atoms with E-state index in [0.29, 0.717) is 12.6 Å². The first kappa shape index (κ1) is 11.4. The number of hydrogen-bond donors (Lipinski definition) is 2. The molecule has 1 aliphatic rings. The molecule has 88 valence electrons. The van der Waals surface area contributed by atoms with Crippen LogP contribution in [0.5, 0.6) is 5.75 Å². The minimum atomic E-state index is 0.370. The molecule has 0 atom stereocenters. The van der Waals surface area contributed by atoms with E-state index in [0.717, 1.165) is 38.1 Å². The van der Waals surface area contributed by atoms with Crippen LogP contribution in [0.15, 0.2) is 24.3 Å². The fourth-order valence-corrected chi connectivity index (χ4v) is 2.05. The van der Waals surface area contributed by atoms with Gasteiger partial charge in [0, 0.05) is 0 Å². The van der Waals surface area contributed by atoms with Crippen LogP contribution in [0.1, 0.15) is 18.4 Å². The SMILES string of the molecule is NCCc1cccc(OC2CCNCC2)c1. The van der Waals surface area contributed by atoms with Gasteiger partial charge in [0.05, 0.1) is 0 Å². The highest BCUT2D eigenvalue weighted by atomic mass is 16.5. The number of ether oxygens (including phenoxy) is 1. The number of nitrogens with one attached hydrogen (secondary N) is 1. The van der Waals surface area contributed by atoms with Gasteiger partial charge in [-0.3, -0.25) is 0 Å². The molecule has 0 aliphatic carbocycles. The molecule has 0 saturated carbocycles. The first-order chi connectivity index (χ1) is 7.88. The molecule has 1 aromatic rings. The lowest BCUT2D eigenvalue weighted by atomic mass is 10.1. The molecule has 2 rings (SSSR count). The maximum Gasteiger partial charge on any atom is 0.119 e. The van der Waals surface area contributed by atoms with E-state index in [1.54, 1.807) is 0 Å². The molecule has 0 aromatic heterocycles. The summed E-state index contributed by atoms with van der Waals surface area (Å²) in [6.45, 7) is 2.82. The Morgan fingerprint density at radius 1 is 1.31 bits per heavy atom. The Hall–Kier alpha value is -1.06. The third-order valence-corrected chi connectivity index (χ3v) is 2.92. The summed E-state index contributed by atoms with van der Waals surface area (Å²) in [6.07, 6.45) is 3.49. The molecule has 0 amide bonds. The number of hydrogen-bond acceptors (Lipinski definition) is 3. The lowest BCUT2D eigenvalue weighted by Gasteiger charge is -2.24. The van der Waals surface area contributed by atoms with Crippen LogP contribution in [-0.4, -0.2) is 25.7 Å². The Morgan fingerprint density at radius 2 is 2.12 bits per heavy atom. The van der Waals surface area contributed by atoms with Crippen LogP contribution in [0.2, 0.25) is 0 Å². The van der Waals surface area contributed by atoms with Crippen molar-refractivity contribution >= 4 is 0 Å². The molecule has 0 spiro atoms. The van der Waals surface area contributed by atoms with Crippen LogP contribution in [0.4, 0.5) is 0 Å². The minimum absolute atomic E-state index is 0.370. The molecule has 1 aliphatic heterocycles. The van der Waals surface area contributed by atoms with E-state index >= 15 is 0 Å². The molecule has 0 unspecified atom stereocenters. The predicted molar refractivity (Wildman–Crippen MR) is 65.7 cm³/mol. The Kier molecular flexibility index (Phi) is 4.19. The van der Waals surface area contributed by atoms with Crippen LogP contribution in [-0.2, 0) is 6.42 Å². The van der Waals surface area contributed by atoms with Crippen molar-refractivity contribution in [3.05, 3.63) is 29.8 Å². The van der Waals surface area contributed by atoms with Crippen LogP contribution in [0.25, 0.3) is 0 Å². The summed E-state index contributed by atoms with van der Waals surface area (Å²) in [4.78, 5) is 0. The summed E-state index contributed by atoms with van der Waals surface area (Å²) in [5.41, 5.74) is 6.80. The van der Waals surface area contributed by atoms with Crippen molar-refractivity contribution in [1.82, 2.24) is 5.32 Å². The van der Waals surface area contributed by atoms with Gasteiger partial charge in [0.1, 0.15) is 11.9 Å². The predicted octanol–water partition coefficient (Wildman–Crippen LogP) is 1.32. The van der Waals surface area contributed by atoms with Crippen molar-refractivity contribution in [2.45, 2.75) is 25.4 Å². The molecular weight excluding hydrogens is 200 g/mol. The van der Waals surface area contributed by atoms with E-state index in [4.69, 9.17) is 10.5 Å². The highest BCUT2D eigenvalue weighted by Gasteiger charge is 2.14. The highest BCUT2D eigenvalue weighted by molar-refractivity contribution is 5.28. The highest BCUT2D eigenvalue weighted by Crippen LogP contribution is 2.18. The molecule has 3 N–H and O–H groups in total. The van der Waals surface area contributed by atoms with Gasteiger partial charge in [-0.05, 0) is 56.6 Å². The number of nitrogens with two attached hydrogens (primary N) is 1. The molecule has 3 heteroatoms. The Morgan fingerprint density at radius 3 is 2.88 bits per heavy atom. The smallest absolute Gasteiger partial charge is 0.119 e. The van der Waals surface area contributed by atoms with Crippen LogP contribution in [0, 0.1) is 0 Å². The van der Waals surface area contributed by atoms with Gasteiger partial charge in [0.2, 0.25) is 0 Å². The zero-order chi connectivity index (χ0) is 11.2. The molecule has 0 radical (unpaired) electrons. The second-order valence-electron chi connectivity index (χ2n) is 4.25. The normalized spacial score (nSPS) is 17.3. The Labute approximate surface area is 97.0 Å². The zero-order valence-corrected chi connectivity index (χ0v) is 9.61. The summed E-state index contributed by atoms with van der Waals surface area (Å²) in [5, 5.41) is 3.34. The van der Waals surface area contributed by atoms with Crippen molar-refractivity contribution in [2.24, 2.45) is 5.73 Å². The lowest BCUT2D eigenvalue weighted by molar-refractivity contribution is 0.162. The van der Waals surface area contributed by atoms with Crippen molar-refractivity contribution in [2.75, 3.05) is 19.6 Å². The molecule has 16 heavy (non-hydrogen) atoms. The average molecular weight is 220 g/mol. The third kappa shape index (κ3) is 3.22. The van der Waals surface area contributed by atoms with Crippen molar-refractivity contribution in [1.29, 1.82) is 0 Å².